The summed E-state index contributed by atoms with van der Waals surface area (Å²) in [6.07, 6.45) is 2.73. The zero-order valence-corrected chi connectivity index (χ0v) is 19.2. The summed E-state index contributed by atoms with van der Waals surface area (Å²) in [6, 6.07) is 7.91. The number of aromatic nitrogens is 3. The standard InChI is InChI=1S/C22H31N5O3S/c1-22(2,3)15-6-8-16(9-7-15)24-20(29)14-31-21-26-25-19(11-10-18(23)28)27(21)13-17-5-4-12-30-17/h6-9,17H,4-5,10-14H2,1-3H3,(H2,23,28)(H,24,29). The summed E-state index contributed by atoms with van der Waals surface area (Å²) in [7, 11) is 0. The van der Waals surface area contributed by atoms with E-state index in [2.05, 4.69) is 36.3 Å². The van der Waals surface area contributed by atoms with E-state index in [0.717, 1.165) is 25.1 Å². The molecule has 8 nitrogen and oxygen atoms in total. The molecule has 1 aliphatic heterocycles. The first-order valence-corrected chi connectivity index (χ1v) is 11.6. The summed E-state index contributed by atoms with van der Waals surface area (Å²) in [5, 5.41) is 12.0. The van der Waals surface area contributed by atoms with Crippen LogP contribution >= 0.6 is 11.8 Å². The number of rotatable bonds is 9. The van der Waals surface area contributed by atoms with Crippen molar-refractivity contribution in [3.63, 3.8) is 0 Å². The molecule has 0 spiro atoms. The van der Waals surface area contributed by atoms with Gasteiger partial charge in [-0.25, -0.2) is 0 Å². The van der Waals surface area contributed by atoms with E-state index in [4.69, 9.17) is 10.5 Å². The molecule has 3 N–H and O–H groups in total. The average molecular weight is 446 g/mol. The van der Waals surface area contributed by atoms with Crippen molar-refractivity contribution >= 4 is 29.3 Å². The Bertz CT molecular complexity index is 899. The van der Waals surface area contributed by atoms with Gasteiger partial charge in [-0.15, -0.1) is 10.2 Å². The number of hydrogen-bond donors (Lipinski definition) is 2. The van der Waals surface area contributed by atoms with E-state index in [1.54, 1.807) is 0 Å². The molecule has 31 heavy (non-hydrogen) atoms. The van der Waals surface area contributed by atoms with Gasteiger partial charge < -0.3 is 20.4 Å². The third-order valence-electron chi connectivity index (χ3n) is 5.17. The van der Waals surface area contributed by atoms with Gasteiger partial charge >= 0.3 is 0 Å². The lowest BCUT2D eigenvalue weighted by atomic mass is 9.87. The van der Waals surface area contributed by atoms with Gasteiger partial charge in [-0.3, -0.25) is 9.59 Å². The molecule has 1 fully saturated rings. The van der Waals surface area contributed by atoms with Crippen LogP contribution in [0.25, 0.3) is 0 Å². The second-order valence-electron chi connectivity index (χ2n) is 8.77. The van der Waals surface area contributed by atoms with Crippen LogP contribution in [0.4, 0.5) is 5.69 Å². The molecular weight excluding hydrogens is 414 g/mol. The Labute approximate surface area is 187 Å². The van der Waals surface area contributed by atoms with Crippen molar-refractivity contribution in [3.8, 4) is 0 Å². The van der Waals surface area contributed by atoms with Crippen LogP contribution in [0.5, 0.6) is 0 Å². The quantitative estimate of drug-likeness (QED) is 0.574. The van der Waals surface area contributed by atoms with Gasteiger partial charge in [-0.05, 0) is 36.0 Å². The Morgan fingerprint density at radius 3 is 2.61 bits per heavy atom. The molecule has 1 atom stereocenters. The van der Waals surface area contributed by atoms with Gasteiger partial charge in [0.25, 0.3) is 0 Å². The Kier molecular flexibility index (Phi) is 7.72. The van der Waals surface area contributed by atoms with E-state index in [1.807, 2.05) is 28.8 Å². The van der Waals surface area contributed by atoms with Crippen LogP contribution in [-0.2, 0) is 32.7 Å². The topological polar surface area (TPSA) is 112 Å². The van der Waals surface area contributed by atoms with E-state index in [-0.39, 0.29) is 35.5 Å². The van der Waals surface area contributed by atoms with E-state index in [1.165, 1.54) is 17.3 Å². The number of anilines is 1. The SMILES string of the molecule is CC(C)(C)c1ccc(NC(=O)CSc2nnc(CCC(N)=O)n2CC2CCCO2)cc1. The number of hydrogen-bond acceptors (Lipinski definition) is 6. The Hall–Kier alpha value is -2.39. The summed E-state index contributed by atoms with van der Waals surface area (Å²) >= 11 is 1.33. The summed E-state index contributed by atoms with van der Waals surface area (Å²) in [6.45, 7) is 7.83. The van der Waals surface area contributed by atoms with Crippen LogP contribution < -0.4 is 11.1 Å². The van der Waals surface area contributed by atoms with Crippen molar-refractivity contribution in [1.29, 1.82) is 0 Å². The zero-order valence-electron chi connectivity index (χ0n) is 18.4. The van der Waals surface area contributed by atoms with Crippen molar-refractivity contribution in [1.82, 2.24) is 14.8 Å². The fraction of sp³-hybridized carbons (Fsp3) is 0.545. The maximum Gasteiger partial charge on any atom is 0.234 e. The number of nitrogens with two attached hydrogens (primary N) is 1. The molecule has 1 saturated heterocycles. The van der Waals surface area contributed by atoms with E-state index >= 15 is 0 Å². The van der Waals surface area contributed by atoms with Crippen molar-refractivity contribution in [2.24, 2.45) is 5.73 Å². The number of primary amides is 1. The molecule has 0 radical (unpaired) electrons. The maximum atomic E-state index is 12.5. The fourth-order valence-corrected chi connectivity index (χ4v) is 4.17. The molecule has 2 amide bonds. The lowest BCUT2D eigenvalue weighted by Gasteiger charge is -2.19. The third-order valence-corrected chi connectivity index (χ3v) is 6.13. The van der Waals surface area contributed by atoms with Crippen molar-refractivity contribution in [2.45, 2.75) is 69.7 Å². The van der Waals surface area contributed by atoms with Gasteiger partial charge in [0.15, 0.2) is 5.16 Å². The number of thioether (sulfide) groups is 1. The van der Waals surface area contributed by atoms with Gasteiger partial charge in [-0.1, -0.05) is 44.7 Å². The minimum Gasteiger partial charge on any atom is -0.376 e. The molecule has 1 unspecified atom stereocenters. The monoisotopic (exact) mass is 445 g/mol. The number of benzene rings is 1. The average Bonchev–Trinajstić information content (AvgIpc) is 3.35. The Morgan fingerprint density at radius 2 is 2.00 bits per heavy atom. The molecule has 9 heteroatoms. The van der Waals surface area contributed by atoms with Gasteiger partial charge in [0, 0.05) is 25.1 Å². The normalized spacial score (nSPS) is 16.4. The summed E-state index contributed by atoms with van der Waals surface area (Å²) in [4.78, 5) is 23.7. The second-order valence-corrected chi connectivity index (χ2v) is 9.72. The van der Waals surface area contributed by atoms with Crippen LogP contribution in [0.3, 0.4) is 0 Å². The lowest BCUT2D eigenvalue weighted by molar-refractivity contribution is -0.118. The highest BCUT2D eigenvalue weighted by molar-refractivity contribution is 7.99. The number of nitrogens with one attached hydrogen (secondary N) is 1. The summed E-state index contributed by atoms with van der Waals surface area (Å²) in [5.41, 5.74) is 7.33. The Balaban J connectivity index is 1.61. The number of carbonyl (C=O) groups excluding carboxylic acids is 2. The predicted molar refractivity (Wildman–Crippen MR) is 121 cm³/mol. The molecule has 0 bridgehead atoms. The molecule has 2 heterocycles. The number of nitrogens with zero attached hydrogens (tertiary/aromatic N) is 3. The van der Waals surface area contributed by atoms with Crippen LogP contribution in [-0.4, -0.2) is 45.0 Å². The van der Waals surface area contributed by atoms with Gasteiger partial charge in [0.2, 0.25) is 11.8 Å². The minimum absolute atomic E-state index is 0.0672. The molecule has 1 aromatic carbocycles. The molecule has 1 aliphatic rings. The number of aryl methyl sites for hydroxylation is 1. The van der Waals surface area contributed by atoms with Gasteiger partial charge in [0.1, 0.15) is 5.82 Å². The predicted octanol–water partition coefficient (Wildman–Crippen LogP) is 2.90. The lowest BCUT2D eigenvalue weighted by Crippen LogP contribution is -2.20. The summed E-state index contributed by atoms with van der Waals surface area (Å²) in [5.74, 6) is 0.409. The van der Waals surface area contributed by atoms with Gasteiger partial charge in [0.05, 0.1) is 18.4 Å². The van der Waals surface area contributed by atoms with Crippen molar-refractivity contribution < 1.29 is 14.3 Å². The highest BCUT2D eigenvalue weighted by Gasteiger charge is 2.22. The van der Waals surface area contributed by atoms with Crippen LogP contribution in [0.1, 0.15) is 51.4 Å². The number of carbonyl (C=O) groups is 2. The first kappa shape index (κ1) is 23.3. The molecule has 168 valence electrons. The zero-order chi connectivity index (χ0) is 22.4. The smallest absolute Gasteiger partial charge is 0.234 e. The first-order chi connectivity index (χ1) is 14.7. The highest BCUT2D eigenvalue weighted by atomic mass is 32.2. The molecule has 0 saturated carbocycles. The number of ether oxygens (including phenoxy) is 1. The third kappa shape index (κ3) is 6.80. The van der Waals surface area contributed by atoms with E-state index in [0.29, 0.717) is 23.9 Å². The number of amides is 2. The fourth-order valence-electron chi connectivity index (χ4n) is 3.40. The van der Waals surface area contributed by atoms with Crippen LogP contribution in [0.15, 0.2) is 29.4 Å². The first-order valence-electron chi connectivity index (χ1n) is 10.6. The van der Waals surface area contributed by atoms with Crippen LogP contribution in [0, 0.1) is 0 Å². The highest BCUT2D eigenvalue weighted by Crippen LogP contribution is 2.24. The second kappa shape index (κ2) is 10.3. The van der Waals surface area contributed by atoms with E-state index in [9.17, 15) is 9.59 Å². The minimum atomic E-state index is -0.377. The Morgan fingerprint density at radius 1 is 1.26 bits per heavy atom. The maximum absolute atomic E-state index is 12.5. The van der Waals surface area contributed by atoms with E-state index < -0.39 is 0 Å². The molecule has 3 rings (SSSR count). The van der Waals surface area contributed by atoms with Crippen molar-refractivity contribution in [2.75, 3.05) is 17.7 Å². The molecular formula is C22H31N5O3S. The molecule has 0 aliphatic carbocycles. The van der Waals surface area contributed by atoms with Crippen LogP contribution in [0.2, 0.25) is 0 Å². The molecule has 1 aromatic heterocycles. The summed E-state index contributed by atoms with van der Waals surface area (Å²) < 4.78 is 7.70. The van der Waals surface area contributed by atoms with Gasteiger partial charge in [-0.2, -0.15) is 0 Å². The molecule has 2 aromatic rings. The largest absolute Gasteiger partial charge is 0.376 e. The van der Waals surface area contributed by atoms with Crippen molar-refractivity contribution in [3.05, 3.63) is 35.7 Å².